The van der Waals surface area contributed by atoms with Crippen molar-refractivity contribution in [1.82, 2.24) is 9.88 Å². The molecule has 1 fully saturated rings. The number of carbonyl (C=O) groups excluding carboxylic acids is 2. The van der Waals surface area contributed by atoms with Crippen LogP contribution >= 0.6 is 11.3 Å². The maximum Gasteiger partial charge on any atom is 0.410 e. The SMILES string of the molecule is CC(C)(C)OC(=O)N1CCC[C@H]1COc1ccc(Nc2nc(N)c(C(=O)c3cccc(F)c3)s2)cc1. The highest BCUT2D eigenvalue weighted by Crippen LogP contribution is 2.30. The number of carbonyl (C=O) groups is 2. The number of nitrogens with zero attached hydrogens (tertiary/aromatic N) is 2. The van der Waals surface area contributed by atoms with Gasteiger partial charge in [0.05, 0.1) is 6.04 Å². The molecule has 8 nitrogen and oxygen atoms in total. The second kappa shape index (κ2) is 10.5. The van der Waals surface area contributed by atoms with E-state index in [-0.39, 0.29) is 34.2 Å². The first kappa shape index (κ1) is 25.4. The van der Waals surface area contributed by atoms with E-state index in [4.69, 9.17) is 15.2 Å². The summed E-state index contributed by atoms with van der Waals surface area (Å²) >= 11 is 1.10. The Hall–Kier alpha value is -3.66. The van der Waals surface area contributed by atoms with Crippen LogP contribution in [0.15, 0.2) is 48.5 Å². The molecule has 36 heavy (non-hydrogen) atoms. The van der Waals surface area contributed by atoms with Gasteiger partial charge in [-0.15, -0.1) is 0 Å². The number of anilines is 3. The summed E-state index contributed by atoms with van der Waals surface area (Å²) in [5.74, 6) is -0.122. The number of benzene rings is 2. The summed E-state index contributed by atoms with van der Waals surface area (Å²) in [6.07, 6.45) is 1.46. The van der Waals surface area contributed by atoms with Crippen molar-refractivity contribution in [2.24, 2.45) is 0 Å². The predicted molar refractivity (Wildman–Crippen MR) is 138 cm³/mol. The summed E-state index contributed by atoms with van der Waals surface area (Å²) in [6.45, 7) is 6.59. The van der Waals surface area contributed by atoms with Gasteiger partial charge in [-0.3, -0.25) is 4.79 Å². The average molecular weight is 513 g/mol. The van der Waals surface area contributed by atoms with E-state index in [1.807, 2.05) is 45.0 Å². The number of thiazole rings is 1. The zero-order chi connectivity index (χ0) is 25.9. The van der Waals surface area contributed by atoms with Gasteiger partial charge < -0.3 is 25.4 Å². The van der Waals surface area contributed by atoms with Crippen LogP contribution < -0.4 is 15.8 Å². The van der Waals surface area contributed by atoms with Gasteiger partial charge in [-0.1, -0.05) is 23.5 Å². The molecule has 4 rings (SSSR count). The van der Waals surface area contributed by atoms with Gasteiger partial charge in [0, 0.05) is 17.8 Å². The van der Waals surface area contributed by atoms with Gasteiger partial charge in [-0.25, -0.2) is 14.2 Å². The van der Waals surface area contributed by atoms with Crippen molar-refractivity contribution in [3.8, 4) is 5.75 Å². The van der Waals surface area contributed by atoms with Crippen LogP contribution in [0.1, 0.15) is 48.8 Å². The molecule has 190 valence electrons. The molecule has 0 spiro atoms. The largest absolute Gasteiger partial charge is 0.491 e. The second-order valence-corrected chi connectivity index (χ2v) is 10.5. The van der Waals surface area contributed by atoms with E-state index in [1.54, 1.807) is 4.90 Å². The number of nitrogen functional groups attached to an aromatic ring is 1. The van der Waals surface area contributed by atoms with Crippen LogP contribution in [0.25, 0.3) is 0 Å². The molecule has 1 aromatic heterocycles. The zero-order valence-corrected chi connectivity index (χ0v) is 21.2. The molecule has 10 heteroatoms. The minimum Gasteiger partial charge on any atom is -0.491 e. The fourth-order valence-electron chi connectivity index (χ4n) is 3.83. The lowest BCUT2D eigenvalue weighted by Gasteiger charge is -2.28. The van der Waals surface area contributed by atoms with E-state index in [0.29, 0.717) is 24.0 Å². The molecule has 0 bridgehead atoms. The molecular formula is C26H29FN4O4S. The Morgan fingerprint density at radius 2 is 1.97 bits per heavy atom. The van der Waals surface area contributed by atoms with Gasteiger partial charge in [0.2, 0.25) is 5.78 Å². The first-order valence-corrected chi connectivity index (χ1v) is 12.5. The highest BCUT2D eigenvalue weighted by molar-refractivity contribution is 7.18. The molecule has 2 aromatic carbocycles. The van der Waals surface area contributed by atoms with Crippen molar-refractivity contribution < 1.29 is 23.5 Å². The molecule has 2 heterocycles. The lowest BCUT2D eigenvalue weighted by Crippen LogP contribution is -2.42. The Balaban J connectivity index is 1.34. The molecule has 3 aromatic rings. The van der Waals surface area contributed by atoms with Crippen molar-refractivity contribution in [3.05, 3.63) is 64.8 Å². The van der Waals surface area contributed by atoms with Crippen LogP contribution in [-0.2, 0) is 4.74 Å². The Labute approximate surface area is 213 Å². The summed E-state index contributed by atoms with van der Waals surface area (Å²) < 4.78 is 24.9. The summed E-state index contributed by atoms with van der Waals surface area (Å²) in [7, 11) is 0. The van der Waals surface area contributed by atoms with Gasteiger partial charge in [0.15, 0.2) is 5.13 Å². The maximum atomic E-state index is 13.5. The third kappa shape index (κ3) is 6.31. The van der Waals surface area contributed by atoms with Gasteiger partial charge in [-0.05, 0) is 70.0 Å². The number of likely N-dealkylation sites (tertiary alicyclic amines) is 1. The van der Waals surface area contributed by atoms with Gasteiger partial charge in [0.25, 0.3) is 0 Å². The van der Waals surface area contributed by atoms with Crippen LogP contribution in [0.4, 0.5) is 25.8 Å². The molecule has 0 radical (unpaired) electrons. The zero-order valence-electron chi connectivity index (χ0n) is 20.4. The summed E-state index contributed by atoms with van der Waals surface area (Å²) in [5.41, 5.74) is 6.36. The third-order valence-corrected chi connectivity index (χ3v) is 6.48. The highest BCUT2D eigenvalue weighted by atomic mass is 32.1. The number of hydrogen-bond donors (Lipinski definition) is 2. The number of nitrogens with one attached hydrogen (secondary N) is 1. The number of aromatic nitrogens is 1. The van der Waals surface area contributed by atoms with E-state index in [1.165, 1.54) is 24.3 Å². The number of rotatable bonds is 7. The van der Waals surface area contributed by atoms with Crippen LogP contribution in [-0.4, -0.2) is 46.6 Å². The Bertz CT molecular complexity index is 1240. The van der Waals surface area contributed by atoms with Gasteiger partial charge in [0.1, 0.15) is 34.5 Å². The normalized spacial score (nSPS) is 15.6. The molecule has 1 aliphatic rings. The average Bonchev–Trinajstić information content (AvgIpc) is 3.43. The fourth-order valence-corrected chi connectivity index (χ4v) is 4.70. The molecule has 1 aliphatic heterocycles. The van der Waals surface area contributed by atoms with Crippen molar-refractivity contribution >= 4 is 39.9 Å². The lowest BCUT2D eigenvalue weighted by molar-refractivity contribution is 0.0187. The number of halogens is 1. The summed E-state index contributed by atoms with van der Waals surface area (Å²) in [4.78, 5) is 31.3. The molecule has 1 saturated heterocycles. The molecular weight excluding hydrogens is 483 g/mol. The van der Waals surface area contributed by atoms with Crippen molar-refractivity contribution in [2.45, 2.75) is 45.3 Å². The van der Waals surface area contributed by atoms with E-state index >= 15 is 0 Å². The van der Waals surface area contributed by atoms with E-state index in [0.717, 1.165) is 29.9 Å². The Morgan fingerprint density at radius 3 is 2.67 bits per heavy atom. The third-order valence-electron chi connectivity index (χ3n) is 5.50. The standard InChI is InChI=1S/C26H29FN4O4S/c1-26(2,3)35-25(33)31-13-5-8-19(31)15-34-20-11-9-18(10-12-20)29-24-30-23(28)22(36-24)21(32)16-6-4-7-17(27)14-16/h4,6-7,9-12,14,19H,5,8,13,15,28H2,1-3H3,(H,29,30)/t19-/m0/s1. The summed E-state index contributed by atoms with van der Waals surface area (Å²) in [5, 5.41) is 3.57. The quantitative estimate of drug-likeness (QED) is 0.396. The minimum absolute atomic E-state index is 0.0370. The Morgan fingerprint density at radius 1 is 1.22 bits per heavy atom. The monoisotopic (exact) mass is 512 g/mol. The maximum absolute atomic E-state index is 13.5. The predicted octanol–water partition coefficient (Wildman–Crippen LogP) is 5.62. The van der Waals surface area contributed by atoms with E-state index in [9.17, 15) is 14.0 Å². The molecule has 3 N–H and O–H groups in total. The van der Waals surface area contributed by atoms with Crippen LogP contribution in [0, 0.1) is 5.82 Å². The topological polar surface area (TPSA) is 107 Å². The van der Waals surface area contributed by atoms with E-state index in [2.05, 4.69) is 10.3 Å². The number of nitrogens with two attached hydrogens (primary N) is 1. The van der Waals surface area contributed by atoms with Crippen molar-refractivity contribution in [3.63, 3.8) is 0 Å². The smallest absolute Gasteiger partial charge is 0.410 e. The second-order valence-electron chi connectivity index (χ2n) is 9.50. The van der Waals surface area contributed by atoms with E-state index < -0.39 is 11.4 Å². The highest BCUT2D eigenvalue weighted by Gasteiger charge is 2.32. The summed E-state index contributed by atoms with van der Waals surface area (Å²) in [6, 6.07) is 12.7. The first-order chi connectivity index (χ1) is 17.1. The van der Waals surface area contributed by atoms with Gasteiger partial charge >= 0.3 is 6.09 Å². The first-order valence-electron chi connectivity index (χ1n) is 11.6. The number of ketones is 1. The lowest BCUT2D eigenvalue weighted by atomic mass is 10.1. The molecule has 1 atom stereocenters. The van der Waals surface area contributed by atoms with Crippen LogP contribution in [0.3, 0.4) is 0 Å². The van der Waals surface area contributed by atoms with Crippen molar-refractivity contribution in [2.75, 3.05) is 24.2 Å². The van der Waals surface area contributed by atoms with Gasteiger partial charge in [-0.2, -0.15) is 0 Å². The fraction of sp³-hybridized carbons (Fsp3) is 0.346. The van der Waals surface area contributed by atoms with Crippen LogP contribution in [0.5, 0.6) is 5.75 Å². The Kier molecular flexibility index (Phi) is 7.44. The number of amides is 1. The van der Waals surface area contributed by atoms with Crippen molar-refractivity contribution in [1.29, 1.82) is 0 Å². The number of ether oxygens (including phenoxy) is 2. The molecule has 0 aliphatic carbocycles. The number of hydrogen-bond acceptors (Lipinski definition) is 8. The molecule has 1 amide bonds. The van der Waals surface area contributed by atoms with Crippen LogP contribution in [0.2, 0.25) is 0 Å². The minimum atomic E-state index is -0.538. The molecule has 0 unspecified atom stereocenters. The molecule has 0 saturated carbocycles.